The summed E-state index contributed by atoms with van der Waals surface area (Å²) in [5, 5.41) is 9.76. The summed E-state index contributed by atoms with van der Waals surface area (Å²) in [5.41, 5.74) is 18.4. The Hall–Kier alpha value is -6.89. The minimum absolute atomic E-state index is 0.000918. The number of fused-ring (bicyclic) bond motifs is 5. The van der Waals surface area contributed by atoms with Crippen LogP contribution in [0.4, 0.5) is 0 Å². The van der Waals surface area contributed by atoms with Crippen molar-refractivity contribution in [2.45, 2.75) is 43.9 Å². The van der Waals surface area contributed by atoms with Crippen LogP contribution in [0.2, 0.25) is 0 Å². The van der Waals surface area contributed by atoms with Crippen LogP contribution in [-0.2, 0) is 5.41 Å². The van der Waals surface area contributed by atoms with E-state index in [0.717, 1.165) is 64.3 Å². The van der Waals surface area contributed by atoms with E-state index in [9.17, 15) is 5.26 Å². The fraction of sp³-hybridized carbons (Fsp3) is 0.130. The number of allylic oxidation sites excluding steroid dienone is 6. The monoisotopic (exact) mass is 731 g/mol. The average molecular weight is 732 g/mol. The zero-order valence-corrected chi connectivity index (χ0v) is 31.8. The minimum atomic E-state index is 0.000918. The van der Waals surface area contributed by atoms with Crippen LogP contribution in [0.3, 0.4) is 0 Å². The van der Waals surface area contributed by atoms with Crippen molar-refractivity contribution in [3.8, 4) is 62.2 Å². The molecular formula is C54H41N3. The Bertz CT molecular complexity index is 2700. The summed E-state index contributed by atoms with van der Waals surface area (Å²) in [4.78, 5) is 9.97. The Morgan fingerprint density at radius 3 is 1.72 bits per heavy atom. The first-order chi connectivity index (χ1) is 28.1. The molecule has 57 heavy (non-hydrogen) atoms. The molecule has 1 saturated carbocycles. The van der Waals surface area contributed by atoms with Gasteiger partial charge in [0.05, 0.1) is 23.0 Å². The molecule has 6 aromatic carbocycles. The fourth-order valence-corrected chi connectivity index (χ4v) is 9.24. The van der Waals surface area contributed by atoms with Crippen molar-refractivity contribution in [2.24, 2.45) is 0 Å². The third kappa shape index (κ3) is 6.44. The summed E-state index contributed by atoms with van der Waals surface area (Å²) in [7, 11) is 0. The first-order valence-corrected chi connectivity index (χ1v) is 20.1. The number of nitriles is 1. The van der Waals surface area contributed by atoms with Gasteiger partial charge in [-0.2, -0.15) is 5.26 Å². The lowest BCUT2D eigenvalue weighted by molar-refractivity contribution is 0.353. The number of nitrogens with zero attached hydrogens (tertiary/aromatic N) is 3. The third-order valence-corrected chi connectivity index (χ3v) is 12.2. The number of rotatable bonds is 6. The molecule has 1 heterocycles. The summed E-state index contributed by atoms with van der Waals surface area (Å²) in [6.45, 7) is 0. The van der Waals surface area contributed by atoms with Crippen LogP contribution in [-0.4, -0.2) is 9.97 Å². The predicted octanol–water partition coefficient (Wildman–Crippen LogP) is 13.7. The topological polar surface area (TPSA) is 49.6 Å². The summed E-state index contributed by atoms with van der Waals surface area (Å²) in [6.07, 6.45) is 16.2. The maximum Gasteiger partial charge on any atom is 0.160 e. The maximum atomic E-state index is 9.76. The standard InChI is InChI=1S/C54H41N3/c55-36-37-18-28-47-48-29-27-46(34-50(48)54(49(47)32-37)30-10-3-11-31-54)45-17-9-8-16-44(33-45)40-21-19-38(20-22-40)39-23-25-42(26-24-39)52-35-51(41-12-4-1-5-13-41)56-53(57-52)43-14-6-2-7-15-43/h1-2,4-8,12-29,32-35H,3,9-11,30-31H2. The van der Waals surface area contributed by atoms with Gasteiger partial charge in [-0.3, -0.25) is 0 Å². The van der Waals surface area contributed by atoms with Crippen LogP contribution in [0.25, 0.3) is 67.3 Å². The van der Waals surface area contributed by atoms with Crippen molar-refractivity contribution in [2.75, 3.05) is 0 Å². The molecule has 3 aliphatic rings. The number of hydrogen-bond donors (Lipinski definition) is 0. The van der Waals surface area contributed by atoms with Gasteiger partial charge < -0.3 is 0 Å². The second kappa shape index (κ2) is 14.6. The summed E-state index contributed by atoms with van der Waals surface area (Å²) < 4.78 is 0. The van der Waals surface area contributed by atoms with E-state index in [0.29, 0.717) is 0 Å². The van der Waals surface area contributed by atoms with Crippen LogP contribution >= 0.6 is 0 Å². The van der Waals surface area contributed by atoms with Gasteiger partial charge in [0.1, 0.15) is 0 Å². The highest BCUT2D eigenvalue weighted by Gasteiger charge is 2.44. The molecule has 7 aromatic rings. The molecule has 0 saturated heterocycles. The normalized spacial score (nSPS) is 15.2. The van der Waals surface area contributed by atoms with E-state index in [1.807, 2.05) is 42.5 Å². The Kier molecular flexibility index (Phi) is 8.89. The van der Waals surface area contributed by atoms with Crippen LogP contribution in [0.15, 0.2) is 176 Å². The maximum absolute atomic E-state index is 9.76. The van der Waals surface area contributed by atoms with Crippen molar-refractivity contribution in [3.63, 3.8) is 0 Å². The first kappa shape index (κ1) is 34.6. The van der Waals surface area contributed by atoms with Crippen LogP contribution in [0.1, 0.15) is 66.3 Å². The van der Waals surface area contributed by atoms with Gasteiger partial charge in [-0.1, -0.05) is 165 Å². The zero-order chi connectivity index (χ0) is 38.2. The molecule has 0 N–H and O–H groups in total. The predicted molar refractivity (Wildman–Crippen MR) is 234 cm³/mol. The van der Waals surface area contributed by atoms with Crippen LogP contribution in [0, 0.1) is 11.3 Å². The quantitative estimate of drug-likeness (QED) is 0.171. The number of hydrogen-bond acceptors (Lipinski definition) is 3. The lowest BCUT2D eigenvalue weighted by Crippen LogP contribution is -2.28. The molecule has 10 rings (SSSR count). The van der Waals surface area contributed by atoms with Gasteiger partial charge in [0, 0.05) is 22.1 Å². The Morgan fingerprint density at radius 2 is 1.05 bits per heavy atom. The van der Waals surface area contributed by atoms with E-state index >= 15 is 0 Å². The molecule has 1 fully saturated rings. The molecule has 1 aromatic heterocycles. The minimum Gasteiger partial charge on any atom is -0.228 e. The second-order valence-electron chi connectivity index (χ2n) is 15.5. The molecule has 1 spiro atoms. The summed E-state index contributed by atoms with van der Waals surface area (Å²) in [6, 6.07) is 56.1. The SMILES string of the molecule is N#Cc1ccc2c(c1)C1(CCCCC1)c1cc(C3=CCC=CC(c4ccc(-c5ccc(-c6cc(-c7ccccc7)nc(-c7ccccc7)n6)cc5)cc4)=C3)ccc1-2. The lowest BCUT2D eigenvalue weighted by Gasteiger charge is -2.36. The van der Waals surface area contributed by atoms with Crippen LogP contribution < -0.4 is 0 Å². The summed E-state index contributed by atoms with van der Waals surface area (Å²) >= 11 is 0. The molecule has 0 aliphatic heterocycles. The average Bonchev–Trinajstić information content (AvgIpc) is 3.40. The van der Waals surface area contributed by atoms with Gasteiger partial charge in [0.15, 0.2) is 5.82 Å². The Morgan fingerprint density at radius 1 is 0.491 bits per heavy atom. The second-order valence-corrected chi connectivity index (χ2v) is 15.5. The van der Waals surface area contributed by atoms with Crippen molar-refractivity contribution >= 4 is 11.1 Å². The van der Waals surface area contributed by atoms with Gasteiger partial charge in [-0.15, -0.1) is 0 Å². The molecule has 0 amide bonds. The van der Waals surface area contributed by atoms with Crippen molar-refractivity contribution < 1.29 is 0 Å². The molecular weight excluding hydrogens is 691 g/mol. The van der Waals surface area contributed by atoms with E-state index in [1.165, 1.54) is 69.4 Å². The highest BCUT2D eigenvalue weighted by Crippen LogP contribution is 2.56. The van der Waals surface area contributed by atoms with Crippen molar-refractivity contribution in [3.05, 3.63) is 204 Å². The van der Waals surface area contributed by atoms with E-state index < -0.39 is 0 Å². The molecule has 3 heteroatoms. The highest BCUT2D eigenvalue weighted by atomic mass is 14.9. The molecule has 3 aliphatic carbocycles. The van der Waals surface area contributed by atoms with Gasteiger partial charge >= 0.3 is 0 Å². The van der Waals surface area contributed by atoms with E-state index in [4.69, 9.17) is 9.97 Å². The highest BCUT2D eigenvalue weighted by molar-refractivity contribution is 5.91. The van der Waals surface area contributed by atoms with Crippen molar-refractivity contribution in [1.82, 2.24) is 9.97 Å². The third-order valence-electron chi connectivity index (χ3n) is 12.2. The molecule has 3 nitrogen and oxygen atoms in total. The lowest BCUT2D eigenvalue weighted by atomic mass is 9.67. The van der Waals surface area contributed by atoms with Gasteiger partial charge in [-0.25, -0.2) is 9.97 Å². The zero-order valence-electron chi connectivity index (χ0n) is 31.8. The fourth-order valence-electron chi connectivity index (χ4n) is 9.24. The van der Waals surface area contributed by atoms with Crippen molar-refractivity contribution in [1.29, 1.82) is 5.26 Å². The van der Waals surface area contributed by atoms with Gasteiger partial charge in [0.25, 0.3) is 0 Å². The molecule has 0 atom stereocenters. The van der Waals surface area contributed by atoms with Gasteiger partial charge in [-0.05, 0) is 105 Å². The van der Waals surface area contributed by atoms with E-state index in [2.05, 4.69) is 140 Å². The molecule has 0 radical (unpaired) electrons. The van der Waals surface area contributed by atoms with E-state index in [-0.39, 0.29) is 5.41 Å². The molecule has 272 valence electrons. The number of aromatic nitrogens is 2. The molecule has 0 bridgehead atoms. The van der Waals surface area contributed by atoms with E-state index in [1.54, 1.807) is 0 Å². The van der Waals surface area contributed by atoms with Crippen LogP contribution in [0.5, 0.6) is 0 Å². The number of benzene rings is 6. The largest absolute Gasteiger partial charge is 0.228 e. The van der Waals surface area contributed by atoms with Gasteiger partial charge in [0.2, 0.25) is 0 Å². The summed E-state index contributed by atoms with van der Waals surface area (Å²) in [5.74, 6) is 0.719. The molecule has 0 unspecified atom stereocenters. The first-order valence-electron chi connectivity index (χ1n) is 20.1. The Balaban J connectivity index is 0.926. The smallest absolute Gasteiger partial charge is 0.160 e. The Labute approximate surface area is 335 Å².